The molecule has 0 heterocycles. The lowest BCUT2D eigenvalue weighted by molar-refractivity contribution is 0.102. The first-order valence-corrected chi connectivity index (χ1v) is 12.2. The lowest BCUT2D eigenvalue weighted by Crippen LogP contribution is -2.31. The van der Waals surface area contributed by atoms with Gasteiger partial charge < -0.3 is 10.1 Å². The molecule has 0 aliphatic heterocycles. The zero-order valence-corrected chi connectivity index (χ0v) is 20.2. The van der Waals surface area contributed by atoms with Crippen molar-refractivity contribution in [3.8, 4) is 0 Å². The van der Waals surface area contributed by atoms with E-state index in [1.54, 1.807) is 24.3 Å². The summed E-state index contributed by atoms with van der Waals surface area (Å²) in [6, 6.07) is 18.9. The molecule has 176 valence electrons. The normalized spacial score (nSPS) is 15.9. The Hall–Kier alpha value is -3.45. The van der Waals surface area contributed by atoms with Gasteiger partial charge in [0.25, 0.3) is 0 Å². The molecule has 0 bridgehead atoms. The highest BCUT2D eigenvalue weighted by atomic mass is 32.2. The minimum atomic E-state index is -0.609. The SMILES string of the molecule is CCCCSC(=NC1=CC=C(C(=O)c2ccccc2)C(Cc2ccccc2)C1=N)NC(=O)OC. The third-order valence-corrected chi connectivity index (χ3v) is 6.31. The van der Waals surface area contributed by atoms with Crippen LogP contribution in [-0.2, 0) is 11.2 Å². The molecular weight excluding hydrogens is 446 g/mol. The van der Waals surface area contributed by atoms with Crippen LogP contribution < -0.4 is 5.32 Å². The topological polar surface area (TPSA) is 91.6 Å². The summed E-state index contributed by atoms with van der Waals surface area (Å²) in [6.07, 6.45) is 5.31. The molecule has 1 unspecified atom stereocenters. The number of hydrogen-bond donors (Lipinski definition) is 2. The molecule has 2 N–H and O–H groups in total. The molecule has 1 amide bonds. The molecule has 1 aliphatic carbocycles. The Morgan fingerprint density at radius 1 is 1.06 bits per heavy atom. The highest BCUT2D eigenvalue weighted by Gasteiger charge is 2.30. The molecule has 2 aromatic carbocycles. The van der Waals surface area contributed by atoms with Crippen LogP contribution in [0, 0.1) is 11.3 Å². The van der Waals surface area contributed by atoms with Crippen LogP contribution >= 0.6 is 11.8 Å². The summed E-state index contributed by atoms with van der Waals surface area (Å²) in [5.41, 5.74) is 2.83. The molecule has 1 aliphatic rings. The highest BCUT2D eigenvalue weighted by molar-refractivity contribution is 8.13. The predicted molar refractivity (Wildman–Crippen MR) is 139 cm³/mol. The number of nitrogens with one attached hydrogen (secondary N) is 2. The Bertz CT molecular complexity index is 1110. The van der Waals surface area contributed by atoms with Crippen molar-refractivity contribution >= 4 is 34.5 Å². The molecule has 0 spiro atoms. The van der Waals surface area contributed by atoms with E-state index in [9.17, 15) is 9.59 Å². The predicted octanol–water partition coefficient (Wildman–Crippen LogP) is 5.82. The van der Waals surface area contributed by atoms with Crippen molar-refractivity contribution in [1.29, 1.82) is 5.41 Å². The van der Waals surface area contributed by atoms with E-state index in [0.717, 1.165) is 24.2 Å². The molecule has 3 rings (SSSR count). The summed E-state index contributed by atoms with van der Waals surface area (Å²) in [4.78, 5) is 29.7. The van der Waals surface area contributed by atoms with Crippen molar-refractivity contribution in [2.45, 2.75) is 26.2 Å². The number of rotatable bonds is 8. The number of carbonyl (C=O) groups is 2. The zero-order valence-electron chi connectivity index (χ0n) is 19.4. The number of unbranched alkanes of at least 4 members (excludes halogenated alkanes) is 1. The van der Waals surface area contributed by atoms with E-state index in [4.69, 9.17) is 10.1 Å². The number of methoxy groups -OCH3 is 1. The average Bonchev–Trinajstić information content (AvgIpc) is 2.87. The van der Waals surface area contributed by atoms with E-state index < -0.39 is 12.0 Å². The molecule has 0 radical (unpaired) electrons. The Morgan fingerprint density at radius 2 is 1.74 bits per heavy atom. The monoisotopic (exact) mass is 475 g/mol. The van der Waals surface area contributed by atoms with Crippen LogP contribution in [0.2, 0.25) is 0 Å². The molecule has 1 atom stereocenters. The summed E-state index contributed by atoms with van der Waals surface area (Å²) in [5, 5.41) is 12.0. The van der Waals surface area contributed by atoms with Crippen LogP contribution in [0.25, 0.3) is 0 Å². The lowest BCUT2D eigenvalue weighted by Gasteiger charge is -2.24. The summed E-state index contributed by atoms with van der Waals surface area (Å²) < 4.78 is 4.73. The van der Waals surface area contributed by atoms with Gasteiger partial charge in [0.15, 0.2) is 11.0 Å². The number of hydrogen-bond acceptors (Lipinski definition) is 6. The number of carbonyl (C=O) groups excluding carboxylic acids is 2. The van der Waals surface area contributed by atoms with E-state index in [1.807, 2.05) is 48.5 Å². The second-order valence-electron chi connectivity index (χ2n) is 7.76. The number of aliphatic imine (C=N–C) groups is 1. The number of amidine groups is 1. The number of allylic oxidation sites excluding steroid dienone is 4. The minimum Gasteiger partial charge on any atom is -0.453 e. The van der Waals surface area contributed by atoms with Crippen LogP contribution in [0.3, 0.4) is 0 Å². The van der Waals surface area contributed by atoms with Gasteiger partial charge in [0.05, 0.1) is 18.5 Å². The van der Waals surface area contributed by atoms with Crippen LogP contribution in [0.5, 0.6) is 0 Å². The molecule has 2 aromatic rings. The number of thioether (sulfide) groups is 1. The third kappa shape index (κ3) is 6.78. The highest BCUT2D eigenvalue weighted by Crippen LogP contribution is 2.30. The van der Waals surface area contributed by atoms with Gasteiger partial charge in [-0.25, -0.2) is 9.79 Å². The Kier molecular flexibility index (Phi) is 9.40. The maximum atomic E-state index is 13.3. The van der Waals surface area contributed by atoms with Crippen molar-refractivity contribution in [1.82, 2.24) is 5.32 Å². The van der Waals surface area contributed by atoms with E-state index in [-0.39, 0.29) is 11.5 Å². The zero-order chi connectivity index (χ0) is 24.3. The largest absolute Gasteiger partial charge is 0.453 e. The van der Waals surface area contributed by atoms with Gasteiger partial charge in [0.1, 0.15) is 0 Å². The van der Waals surface area contributed by atoms with E-state index in [2.05, 4.69) is 17.2 Å². The fraction of sp³-hybridized carbons (Fsp3) is 0.259. The van der Waals surface area contributed by atoms with Gasteiger partial charge >= 0.3 is 6.09 Å². The van der Waals surface area contributed by atoms with Crippen molar-refractivity contribution in [3.05, 3.63) is 95.2 Å². The van der Waals surface area contributed by atoms with E-state index in [1.165, 1.54) is 18.9 Å². The first kappa shape index (κ1) is 25.2. The molecule has 0 saturated heterocycles. The molecule has 34 heavy (non-hydrogen) atoms. The number of Topliss-reactive ketones (excluding diaryl/α,β-unsaturated/α-hetero) is 1. The van der Waals surface area contributed by atoms with E-state index >= 15 is 0 Å². The van der Waals surface area contributed by atoms with Gasteiger partial charge in [-0.3, -0.25) is 10.1 Å². The van der Waals surface area contributed by atoms with Gasteiger partial charge in [-0.15, -0.1) is 0 Å². The summed E-state index contributed by atoms with van der Waals surface area (Å²) in [7, 11) is 1.30. The Morgan fingerprint density at radius 3 is 2.38 bits per heavy atom. The quantitative estimate of drug-likeness (QED) is 0.218. The van der Waals surface area contributed by atoms with Crippen LogP contribution in [0.4, 0.5) is 4.79 Å². The first-order chi connectivity index (χ1) is 16.5. The second-order valence-corrected chi connectivity index (χ2v) is 8.84. The fourth-order valence-corrected chi connectivity index (χ4v) is 4.46. The third-order valence-electron chi connectivity index (χ3n) is 5.35. The molecule has 7 heteroatoms. The van der Waals surface area contributed by atoms with Crippen molar-refractivity contribution in [2.24, 2.45) is 10.9 Å². The van der Waals surface area contributed by atoms with Gasteiger partial charge in [0.2, 0.25) is 0 Å². The van der Waals surface area contributed by atoms with Crippen LogP contribution in [0.1, 0.15) is 35.7 Å². The Balaban J connectivity index is 1.97. The molecular formula is C27H29N3O3S. The molecule has 6 nitrogen and oxygen atoms in total. The van der Waals surface area contributed by atoms with Crippen molar-refractivity contribution in [3.63, 3.8) is 0 Å². The summed E-state index contributed by atoms with van der Waals surface area (Å²) >= 11 is 1.41. The van der Waals surface area contributed by atoms with Crippen LogP contribution in [0.15, 0.2) is 89.1 Å². The number of amides is 1. The maximum Gasteiger partial charge on any atom is 0.412 e. The van der Waals surface area contributed by atoms with Crippen molar-refractivity contribution in [2.75, 3.05) is 12.9 Å². The number of alkyl carbamates (subject to hydrolysis) is 1. The van der Waals surface area contributed by atoms with Crippen molar-refractivity contribution < 1.29 is 14.3 Å². The summed E-state index contributed by atoms with van der Waals surface area (Å²) in [5.74, 6) is 0.218. The molecule has 0 fully saturated rings. The first-order valence-electron chi connectivity index (χ1n) is 11.2. The van der Waals surface area contributed by atoms with Gasteiger partial charge in [0, 0.05) is 22.8 Å². The standard InChI is InChI=1S/C27H29N3O3S/c1-3-4-17-34-26(30-27(32)33-2)29-23-16-15-21(25(31)20-13-9-6-10-14-20)22(24(23)28)18-19-11-7-5-8-12-19/h5-16,22,28H,3-4,17-18H2,1-2H3,(H,29,30,32). The fourth-order valence-electron chi connectivity index (χ4n) is 3.52. The number of benzene rings is 2. The van der Waals surface area contributed by atoms with Gasteiger partial charge in [-0.2, -0.15) is 0 Å². The number of nitrogens with zero attached hydrogens (tertiary/aromatic N) is 1. The van der Waals surface area contributed by atoms with Gasteiger partial charge in [-0.05, 0) is 24.5 Å². The van der Waals surface area contributed by atoms with Gasteiger partial charge in [-0.1, -0.05) is 91.8 Å². The van der Waals surface area contributed by atoms with E-state index in [0.29, 0.717) is 28.4 Å². The smallest absolute Gasteiger partial charge is 0.412 e. The molecule has 0 saturated carbocycles. The average molecular weight is 476 g/mol. The maximum absolute atomic E-state index is 13.3. The van der Waals surface area contributed by atoms with Crippen LogP contribution in [-0.4, -0.2) is 35.6 Å². The second kappa shape index (κ2) is 12.7. The number of ketones is 1. The molecule has 0 aromatic heterocycles. The number of ether oxygens (including phenoxy) is 1. The summed E-state index contributed by atoms with van der Waals surface area (Å²) in [6.45, 7) is 2.09. The minimum absolute atomic E-state index is 0.101. The lowest BCUT2D eigenvalue weighted by atomic mass is 9.80. The Labute approximate surface area is 204 Å².